The summed E-state index contributed by atoms with van der Waals surface area (Å²) in [6, 6.07) is 6.05. The number of nitrogens with one attached hydrogen (secondary N) is 2. The lowest BCUT2D eigenvalue weighted by atomic mass is 9.96. The van der Waals surface area contributed by atoms with Gasteiger partial charge >= 0.3 is 5.97 Å². The van der Waals surface area contributed by atoms with Crippen LogP contribution in [0.2, 0.25) is 0 Å². The van der Waals surface area contributed by atoms with E-state index >= 15 is 0 Å². The van der Waals surface area contributed by atoms with Gasteiger partial charge in [-0.05, 0) is 43.6 Å². The molecule has 12 heteroatoms. The van der Waals surface area contributed by atoms with Crippen LogP contribution in [0.3, 0.4) is 0 Å². The summed E-state index contributed by atoms with van der Waals surface area (Å²) in [5, 5.41) is 8.13. The van der Waals surface area contributed by atoms with Gasteiger partial charge in [0.15, 0.2) is 0 Å². The number of hydrogen-bond acceptors (Lipinski definition) is 8. The molecule has 46 heavy (non-hydrogen) atoms. The Balaban J connectivity index is 1.30. The normalized spacial score (nSPS) is 26.8. The third kappa shape index (κ3) is 7.79. The number of nitrogens with zero attached hydrogens (tertiary/aromatic N) is 3. The maximum atomic E-state index is 14.0. The Morgan fingerprint density at radius 2 is 1.91 bits per heavy atom. The van der Waals surface area contributed by atoms with Gasteiger partial charge < -0.3 is 20.1 Å². The quantitative estimate of drug-likeness (QED) is 0.298. The maximum absolute atomic E-state index is 14.0. The third-order valence-electron chi connectivity index (χ3n) is 8.36. The Kier molecular flexibility index (Phi) is 10.8. The van der Waals surface area contributed by atoms with Gasteiger partial charge in [0, 0.05) is 24.7 Å². The van der Waals surface area contributed by atoms with E-state index in [4.69, 9.17) is 9.47 Å². The van der Waals surface area contributed by atoms with E-state index in [1.807, 2.05) is 31.2 Å². The van der Waals surface area contributed by atoms with Crippen LogP contribution in [0.25, 0.3) is 0 Å². The van der Waals surface area contributed by atoms with E-state index in [0.29, 0.717) is 24.3 Å². The molecule has 5 rings (SSSR count). The minimum absolute atomic E-state index is 0.0135. The molecule has 5 atom stereocenters. The molecule has 2 N–H and O–H groups in total. The number of esters is 1. The lowest BCUT2D eigenvalue weighted by Crippen LogP contribution is -2.64. The molecular formula is C34H41N5O7. The molecule has 1 aromatic rings. The minimum Gasteiger partial charge on any atom is -0.433 e. The molecule has 3 heterocycles. The number of benzene rings is 1. The minimum atomic E-state index is -1.06. The van der Waals surface area contributed by atoms with Crippen LogP contribution < -0.4 is 10.6 Å². The van der Waals surface area contributed by atoms with Gasteiger partial charge in [-0.3, -0.25) is 34.0 Å². The standard InChI is InChI=1S/C34H41N5O7/c1-3-4-17-35-30(24-12-6-5-7-13-24)32(43)36-25-15-16-28(40)38-18-9-14-27(39(38)33(25)44)31(42)37-26-20-29(41)46-34(26)45-21-23-11-8-10-22(2)19-23/h4-8,10-13,17,22,25-27,34H,3,9,14-16,18-21H2,1-2H3,(H,36,43)(H,37,42)/b17-4-,35-30+/t22-,25+,26+,27+,34+/m1/s1. The Bertz CT molecular complexity index is 1450. The van der Waals surface area contributed by atoms with Crippen LogP contribution in [0.15, 0.2) is 71.4 Å². The third-order valence-corrected chi connectivity index (χ3v) is 8.36. The Morgan fingerprint density at radius 3 is 2.67 bits per heavy atom. The zero-order chi connectivity index (χ0) is 32.6. The maximum Gasteiger partial charge on any atom is 0.310 e. The van der Waals surface area contributed by atoms with Crippen LogP contribution in [-0.4, -0.2) is 82.9 Å². The lowest BCUT2D eigenvalue weighted by Gasteiger charge is -2.43. The van der Waals surface area contributed by atoms with Crippen molar-refractivity contribution in [1.29, 1.82) is 0 Å². The van der Waals surface area contributed by atoms with Gasteiger partial charge in [0.1, 0.15) is 23.8 Å². The van der Waals surface area contributed by atoms with Crippen molar-refractivity contribution in [3.63, 3.8) is 0 Å². The first-order valence-corrected chi connectivity index (χ1v) is 15.9. The molecule has 0 bridgehead atoms. The molecule has 0 unspecified atom stereocenters. The summed E-state index contributed by atoms with van der Waals surface area (Å²) in [5.74, 6) is -2.09. The summed E-state index contributed by atoms with van der Waals surface area (Å²) in [4.78, 5) is 71.1. The highest BCUT2D eigenvalue weighted by molar-refractivity contribution is 6.45. The average molecular weight is 632 g/mol. The summed E-state index contributed by atoms with van der Waals surface area (Å²) < 4.78 is 11.3. The average Bonchev–Trinajstić information content (AvgIpc) is 3.36. The van der Waals surface area contributed by atoms with Crippen molar-refractivity contribution in [1.82, 2.24) is 20.7 Å². The van der Waals surface area contributed by atoms with Crippen LogP contribution in [0.1, 0.15) is 64.4 Å². The number of fused-ring (bicyclic) bond motifs is 1. The van der Waals surface area contributed by atoms with Crippen molar-refractivity contribution in [2.75, 3.05) is 13.2 Å². The van der Waals surface area contributed by atoms with E-state index in [-0.39, 0.29) is 44.0 Å². The summed E-state index contributed by atoms with van der Waals surface area (Å²) in [6.07, 6.45) is 10.8. The van der Waals surface area contributed by atoms with Crippen molar-refractivity contribution < 1.29 is 33.4 Å². The van der Waals surface area contributed by atoms with Gasteiger partial charge in [-0.15, -0.1) is 0 Å². The fraction of sp³-hybridized carbons (Fsp3) is 0.471. The van der Waals surface area contributed by atoms with Crippen molar-refractivity contribution in [3.05, 3.63) is 72.0 Å². The Morgan fingerprint density at radius 1 is 1.11 bits per heavy atom. The van der Waals surface area contributed by atoms with Gasteiger partial charge in [-0.25, -0.2) is 5.01 Å². The molecule has 3 aliphatic heterocycles. The summed E-state index contributed by atoms with van der Waals surface area (Å²) in [5.41, 5.74) is 1.75. The topological polar surface area (TPSA) is 147 Å². The fourth-order valence-corrected chi connectivity index (χ4v) is 6.04. The first kappa shape index (κ1) is 32.8. The Labute approximate surface area is 268 Å². The van der Waals surface area contributed by atoms with Crippen LogP contribution in [-0.2, 0) is 33.4 Å². The molecule has 3 saturated heterocycles. The number of cyclic esters (lactones) is 1. The Hall–Kier alpha value is -4.58. The second-order valence-electron chi connectivity index (χ2n) is 11.9. The number of carbonyl (C=O) groups is 5. The number of rotatable bonds is 10. The van der Waals surface area contributed by atoms with Gasteiger partial charge in [-0.2, -0.15) is 0 Å². The molecule has 12 nitrogen and oxygen atoms in total. The number of aliphatic imine (C=N–C) groups is 1. The van der Waals surface area contributed by atoms with E-state index in [1.54, 1.807) is 30.5 Å². The molecule has 0 aromatic heterocycles. The van der Waals surface area contributed by atoms with Crippen LogP contribution in [0, 0.1) is 5.92 Å². The molecule has 4 aliphatic rings. The van der Waals surface area contributed by atoms with Crippen LogP contribution >= 0.6 is 0 Å². The van der Waals surface area contributed by atoms with E-state index in [9.17, 15) is 24.0 Å². The highest BCUT2D eigenvalue weighted by Gasteiger charge is 2.46. The van der Waals surface area contributed by atoms with Crippen molar-refractivity contribution in [2.24, 2.45) is 10.9 Å². The molecular weight excluding hydrogens is 590 g/mol. The number of allylic oxidation sites excluding steroid dienone is 4. The fourth-order valence-electron chi connectivity index (χ4n) is 6.04. The molecule has 244 valence electrons. The van der Waals surface area contributed by atoms with Crippen LogP contribution in [0.5, 0.6) is 0 Å². The van der Waals surface area contributed by atoms with Gasteiger partial charge in [0.05, 0.1) is 13.0 Å². The molecule has 4 amide bonds. The highest BCUT2D eigenvalue weighted by Crippen LogP contribution is 2.27. The molecule has 1 aliphatic carbocycles. The predicted octanol–water partition coefficient (Wildman–Crippen LogP) is 2.71. The van der Waals surface area contributed by atoms with E-state index in [0.717, 1.165) is 18.4 Å². The van der Waals surface area contributed by atoms with Crippen molar-refractivity contribution >= 4 is 35.3 Å². The number of ether oxygens (including phenoxy) is 2. The van der Waals surface area contributed by atoms with E-state index in [1.165, 1.54) is 10.0 Å². The zero-order valence-corrected chi connectivity index (χ0v) is 26.2. The number of amides is 4. The van der Waals surface area contributed by atoms with Gasteiger partial charge in [0.2, 0.25) is 18.1 Å². The van der Waals surface area contributed by atoms with E-state index in [2.05, 4.69) is 28.6 Å². The van der Waals surface area contributed by atoms with Crippen molar-refractivity contribution in [3.8, 4) is 0 Å². The van der Waals surface area contributed by atoms with Gasteiger partial charge in [0.25, 0.3) is 11.8 Å². The number of carbonyl (C=O) groups excluding carboxylic acids is 5. The smallest absolute Gasteiger partial charge is 0.310 e. The van der Waals surface area contributed by atoms with Crippen molar-refractivity contribution in [2.45, 2.75) is 83.2 Å². The predicted molar refractivity (Wildman–Crippen MR) is 169 cm³/mol. The largest absolute Gasteiger partial charge is 0.433 e. The molecule has 0 saturated carbocycles. The second-order valence-corrected chi connectivity index (χ2v) is 11.9. The SMILES string of the molecule is CC/C=C\N=C(\C(=O)N[C@H]1CCC(=O)N2CCC[C@@H](C(=O)N[C@H]3CC(=O)O[C@@H]3OCC3=CC=C[C@@H](C)C3)N2C1=O)c1ccccc1. The number of hydrogen-bond donors (Lipinski definition) is 2. The molecule has 3 fully saturated rings. The van der Waals surface area contributed by atoms with Gasteiger partial charge in [-0.1, -0.05) is 68.5 Å². The first-order chi connectivity index (χ1) is 22.2. The molecule has 0 spiro atoms. The van der Waals surface area contributed by atoms with Crippen LogP contribution in [0.4, 0.5) is 0 Å². The lowest BCUT2D eigenvalue weighted by molar-refractivity contribution is -0.177. The number of hydrazine groups is 1. The summed E-state index contributed by atoms with van der Waals surface area (Å²) >= 11 is 0. The zero-order valence-electron chi connectivity index (χ0n) is 26.2. The first-order valence-electron chi connectivity index (χ1n) is 15.9. The highest BCUT2D eigenvalue weighted by atomic mass is 16.7. The summed E-state index contributed by atoms with van der Waals surface area (Å²) in [7, 11) is 0. The van der Waals surface area contributed by atoms with E-state index < -0.39 is 48.1 Å². The summed E-state index contributed by atoms with van der Waals surface area (Å²) in [6.45, 7) is 4.57. The second kappa shape index (κ2) is 15.1. The monoisotopic (exact) mass is 631 g/mol. The molecule has 0 radical (unpaired) electrons. The molecule has 1 aromatic carbocycles.